The van der Waals surface area contributed by atoms with Crippen molar-refractivity contribution < 1.29 is 14.6 Å². The Kier molecular flexibility index (Phi) is 5.93. The molecule has 0 unspecified atom stereocenters. The van der Waals surface area contributed by atoms with Gasteiger partial charge in [-0.1, -0.05) is 18.3 Å². The Balaban J connectivity index is 1.93. The molecule has 1 amide bonds. The van der Waals surface area contributed by atoms with Crippen molar-refractivity contribution >= 4 is 44.9 Å². The van der Waals surface area contributed by atoms with E-state index in [0.717, 1.165) is 11.9 Å². The highest BCUT2D eigenvalue weighted by molar-refractivity contribution is 7.16. The SMILES string of the molecule is CCCn1c(=NC(=O)C=Cc2ccc([N+](=O)[O-])cc2)sc2cc([N+](=O)[O-])ccc21. The van der Waals surface area contributed by atoms with E-state index in [0.29, 0.717) is 21.6 Å². The molecule has 0 saturated heterocycles. The maximum Gasteiger partial charge on any atom is 0.272 e. The Labute approximate surface area is 168 Å². The molecule has 10 heteroatoms. The van der Waals surface area contributed by atoms with Gasteiger partial charge in [0.05, 0.1) is 20.1 Å². The number of non-ortho nitro benzene ring substituents is 2. The number of aromatic nitrogens is 1. The minimum absolute atomic E-state index is 0.0154. The molecule has 0 bridgehead atoms. The van der Waals surface area contributed by atoms with Crippen molar-refractivity contribution in [3.8, 4) is 0 Å². The number of rotatable bonds is 6. The molecule has 148 valence electrons. The fraction of sp³-hybridized carbons (Fsp3) is 0.158. The number of fused-ring (bicyclic) bond motifs is 1. The molecule has 0 radical (unpaired) electrons. The monoisotopic (exact) mass is 412 g/mol. The summed E-state index contributed by atoms with van der Waals surface area (Å²) >= 11 is 1.21. The molecule has 0 saturated carbocycles. The number of amides is 1. The molecule has 0 spiro atoms. The molecule has 1 heterocycles. The van der Waals surface area contributed by atoms with Crippen LogP contribution >= 0.6 is 11.3 Å². The van der Waals surface area contributed by atoms with Crippen molar-refractivity contribution in [3.63, 3.8) is 0 Å². The van der Waals surface area contributed by atoms with E-state index in [1.165, 1.54) is 59.9 Å². The Morgan fingerprint density at radius 3 is 2.38 bits per heavy atom. The van der Waals surface area contributed by atoms with Crippen LogP contribution in [0.1, 0.15) is 18.9 Å². The summed E-state index contributed by atoms with van der Waals surface area (Å²) in [6, 6.07) is 10.4. The van der Waals surface area contributed by atoms with Crippen LogP contribution in [0.15, 0.2) is 53.5 Å². The third-order valence-electron chi connectivity index (χ3n) is 4.05. The van der Waals surface area contributed by atoms with Crippen LogP contribution in [0.4, 0.5) is 11.4 Å². The number of nitrogens with zero attached hydrogens (tertiary/aromatic N) is 4. The third-order valence-corrected chi connectivity index (χ3v) is 5.09. The van der Waals surface area contributed by atoms with E-state index < -0.39 is 15.8 Å². The zero-order chi connectivity index (χ0) is 21.0. The largest absolute Gasteiger partial charge is 0.316 e. The van der Waals surface area contributed by atoms with Gasteiger partial charge in [0.1, 0.15) is 0 Å². The van der Waals surface area contributed by atoms with Crippen LogP contribution in [0.25, 0.3) is 16.3 Å². The molecule has 3 rings (SSSR count). The average molecular weight is 412 g/mol. The quantitative estimate of drug-likeness (QED) is 0.343. The fourth-order valence-corrected chi connectivity index (χ4v) is 3.80. The van der Waals surface area contributed by atoms with E-state index in [2.05, 4.69) is 4.99 Å². The number of carbonyl (C=O) groups is 1. The normalized spacial score (nSPS) is 12.0. The molecule has 3 aromatic rings. The highest BCUT2D eigenvalue weighted by atomic mass is 32.1. The summed E-state index contributed by atoms with van der Waals surface area (Å²) in [6.07, 6.45) is 3.62. The van der Waals surface area contributed by atoms with Crippen molar-refractivity contribution in [2.24, 2.45) is 4.99 Å². The first kappa shape index (κ1) is 20.1. The zero-order valence-corrected chi connectivity index (χ0v) is 16.2. The third kappa shape index (κ3) is 4.61. The van der Waals surface area contributed by atoms with Gasteiger partial charge < -0.3 is 4.57 Å². The number of benzene rings is 2. The number of thiazole rings is 1. The Hall–Kier alpha value is -3.66. The molecule has 0 atom stereocenters. The number of carbonyl (C=O) groups excluding carboxylic acids is 1. The molecule has 0 aliphatic rings. The summed E-state index contributed by atoms with van der Waals surface area (Å²) < 4.78 is 2.54. The number of aryl methyl sites for hydroxylation is 1. The van der Waals surface area contributed by atoms with Gasteiger partial charge in [0.15, 0.2) is 4.80 Å². The summed E-state index contributed by atoms with van der Waals surface area (Å²) in [5.41, 5.74) is 1.37. The molecule has 9 nitrogen and oxygen atoms in total. The Bertz CT molecular complexity index is 1190. The minimum Gasteiger partial charge on any atom is -0.316 e. The summed E-state index contributed by atoms with van der Waals surface area (Å²) in [5, 5.41) is 21.7. The number of nitro benzene ring substituents is 2. The van der Waals surface area contributed by atoms with Gasteiger partial charge in [-0.15, -0.1) is 0 Å². The van der Waals surface area contributed by atoms with Crippen LogP contribution in [0.5, 0.6) is 0 Å². The van der Waals surface area contributed by atoms with Crippen LogP contribution in [0.3, 0.4) is 0 Å². The van der Waals surface area contributed by atoms with E-state index in [-0.39, 0.29) is 11.4 Å². The van der Waals surface area contributed by atoms with E-state index in [1.807, 2.05) is 11.5 Å². The molecule has 0 fully saturated rings. The predicted molar refractivity (Wildman–Crippen MR) is 109 cm³/mol. The lowest BCUT2D eigenvalue weighted by atomic mass is 10.2. The van der Waals surface area contributed by atoms with Crippen LogP contribution in [0.2, 0.25) is 0 Å². The molecule has 0 N–H and O–H groups in total. The van der Waals surface area contributed by atoms with E-state index in [4.69, 9.17) is 0 Å². The minimum atomic E-state index is -0.494. The van der Waals surface area contributed by atoms with Gasteiger partial charge in [-0.3, -0.25) is 25.0 Å². The van der Waals surface area contributed by atoms with Crippen molar-refractivity contribution in [2.45, 2.75) is 19.9 Å². The van der Waals surface area contributed by atoms with Gasteiger partial charge in [0, 0.05) is 36.9 Å². The van der Waals surface area contributed by atoms with Gasteiger partial charge >= 0.3 is 0 Å². The number of hydrogen-bond donors (Lipinski definition) is 0. The second-order valence-corrected chi connectivity index (χ2v) is 7.09. The lowest BCUT2D eigenvalue weighted by Gasteiger charge is -2.01. The maximum atomic E-state index is 12.3. The van der Waals surface area contributed by atoms with Crippen molar-refractivity contribution in [1.82, 2.24) is 4.57 Å². The summed E-state index contributed by atoms with van der Waals surface area (Å²) in [7, 11) is 0. The van der Waals surface area contributed by atoms with E-state index in [9.17, 15) is 25.0 Å². The topological polar surface area (TPSA) is 121 Å². The van der Waals surface area contributed by atoms with Gasteiger partial charge in [-0.05, 0) is 36.3 Å². The summed E-state index contributed by atoms with van der Waals surface area (Å²) in [4.78, 5) is 37.6. The second kappa shape index (κ2) is 8.57. The first-order valence-corrected chi connectivity index (χ1v) is 9.49. The van der Waals surface area contributed by atoms with Gasteiger partial charge in [0.2, 0.25) is 0 Å². The predicted octanol–water partition coefficient (Wildman–Crippen LogP) is 4.07. The Morgan fingerprint density at radius 2 is 1.76 bits per heavy atom. The van der Waals surface area contributed by atoms with Gasteiger partial charge in [-0.2, -0.15) is 4.99 Å². The summed E-state index contributed by atoms with van der Waals surface area (Å²) in [5.74, 6) is -0.491. The molecular weight excluding hydrogens is 396 g/mol. The first-order valence-electron chi connectivity index (χ1n) is 8.68. The van der Waals surface area contributed by atoms with Crippen LogP contribution in [-0.2, 0) is 11.3 Å². The maximum absolute atomic E-state index is 12.3. The smallest absolute Gasteiger partial charge is 0.272 e. The molecule has 2 aromatic carbocycles. The van der Waals surface area contributed by atoms with Crippen molar-refractivity contribution in [3.05, 3.63) is 79.1 Å². The standard InChI is InChI=1S/C19H16N4O5S/c1-2-11-21-16-9-8-15(23(27)28)12-17(16)29-19(21)20-18(24)10-5-13-3-6-14(7-4-13)22(25)26/h3-10,12H,2,11H2,1H3. The van der Waals surface area contributed by atoms with Crippen molar-refractivity contribution in [2.75, 3.05) is 0 Å². The zero-order valence-electron chi connectivity index (χ0n) is 15.3. The molecule has 1 aromatic heterocycles. The molecule has 0 aliphatic heterocycles. The van der Waals surface area contributed by atoms with Gasteiger partial charge in [0.25, 0.3) is 17.3 Å². The second-order valence-electron chi connectivity index (χ2n) is 6.08. The lowest BCUT2D eigenvalue weighted by Crippen LogP contribution is -2.16. The van der Waals surface area contributed by atoms with Crippen molar-refractivity contribution in [1.29, 1.82) is 0 Å². The average Bonchev–Trinajstić information content (AvgIpc) is 3.03. The highest BCUT2D eigenvalue weighted by Crippen LogP contribution is 2.23. The summed E-state index contributed by atoms with van der Waals surface area (Å²) in [6.45, 7) is 2.61. The molecule has 0 aliphatic carbocycles. The fourth-order valence-electron chi connectivity index (χ4n) is 2.71. The molecular formula is C19H16N4O5S. The van der Waals surface area contributed by atoms with E-state index >= 15 is 0 Å². The van der Waals surface area contributed by atoms with Crippen LogP contribution < -0.4 is 4.80 Å². The van der Waals surface area contributed by atoms with E-state index in [1.54, 1.807) is 6.07 Å². The van der Waals surface area contributed by atoms with Crippen LogP contribution in [0, 0.1) is 20.2 Å². The first-order chi connectivity index (χ1) is 13.9. The number of hydrogen-bond acceptors (Lipinski definition) is 6. The van der Waals surface area contributed by atoms with Crippen LogP contribution in [-0.4, -0.2) is 20.3 Å². The number of nitro groups is 2. The Morgan fingerprint density at radius 1 is 1.10 bits per heavy atom. The highest BCUT2D eigenvalue weighted by Gasteiger charge is 2.12. The van der Waals surface area contributed by atoms with Gasteiger partial charge in [-0.25, -0.2) is 0 Å². The lowest BCUT2D eigenvalue weighted by molar-refractivity contribution is -0.385. The molecule has 29 heavy (non-hydrogen) atoms.